The molecule has 0 radical (unpaired) electrons. The minimum Gasteiger partial charge on any atom is -0.381 e. The molecule has 3 heterocycles. The summed E-state index contributed by atoms with van der Waals surface area (Å²) in [5.41, 5.74) is 3.24. The van der Waals surface area contributed by atoms with Gasteiger partial charge in [-0.05, 0) is 77.3 Å². The smallest absolute Gasteiger partial charge is 0.141 e. The number of hydrogen-bond acceptors (Lipinski definition) is 4. The van der Waals surface area contributed by atoms with Crippen LogP contribution >= 0.6 is 0 Å². The fraction of sp³-hybridized carbons (Fsp3) is 0.565. The van der Waals surface area contributed by atoms with Crippen LogP contribution in [0.4, 0.5) is 4.39 Å². The van der Waals surface area contributed by atoms with Gasteiger partial charge in [0.25, 0.3) is 0 Å². The molecule has 4 nitrogen and oxygen atoms in total. The van der Waals surface area contributed by atoms with E-state index in [-0.39, 0.29) is 16.8 Å². The molecule has 2 aromatic heterocycles. The van der Waals surface area contributed by atoms with E-state index < -0.39 is 0 Å². The van der Waals surface area contributed by atoms with Crippen molar-refractivity contribution in [1.29, 1.82) is 0 Å². The molecule has 0 N–H and O–H groups in total. The molecule has 0 amide bonds. The van der Waals surface area contributed by atoms with Gasteiger partial charge in [-0.15, -0.1) is 0 Å². The number of nitrogens with zero attached hydrogens (tertiary/aromatic N) is 3. The predicted molar refractivity (Wildman–Crippen MR) is 110 cm³/mol. The van der Waals surface area contributed by atoms with Crippen molar-refractivity contribution in [2.24, 2.45) is 5.41 Å². The summed E-state index contributed by atoms with van der Waals surface area (Å²) >= 11 is 0. The van der Waals surface area contributed by atoms with E-state index in [9.17, 15) is 4.39 Å². The van der Waals surface area contributed by atoms with E-state index in [1.165, 1.54) is 17.8 Å². The maximum Gasteiger partial charge on any atom is 0.141 e. The molecule has 28 heavy (non-hydrogen) atoms. The van der Waals surface area contributed by atoms with Crippen molar-refractivity contribution >= 4 is 0 Å². The molecular weight excluding hydrogens is 353 g/mol. The van der Waals surface area contributed by atoms with Crippen LogP contribution in [-0.2, 0) is 16.7 Å². The van der Waals surface area contributed by atoms with E-state index in [2.05, 4.69) is 40.8 Å². The van der Waals surface area contributed by atoms with E-state index in [4.69, 9.17) is 4.74 Å². The van der Waals surface area contributed by atoms with Gasteiger partial charge in [0, 0.05) is 41.7 Å². The normalized spacial score (nSPS) is 20.6. The molecule has 0 aliphatic carbocycles. The van der Waals surface area contributed by atoms with Crippen molar-refractivity contribution in [2.75, 3.05) is 26.3 Å². The molecule has 0 bridgehead atoms. The first kappa shape index (κ1) is 20.9. The van der Waals surface area contributed by atoms with Crippen LogP contribution in [0.5, 0.6) is 0 Å². The molecule has 1 unspecified atom stereocenters. The zero-order valence-corrected chi connectivity index (χ0v) is 17.5. The Kier molecular flexibility index (Phi) is 6.46. The van der Waals surface area contributed by atoms with E-state index in [0.717, 1.165) is 57.0 Å². The summed E-state index contributed by atoms with van der Waals surface area (Å²) in [5.74, 6) is -0.284. The molecule has 1 aliphatic heterocycles. The van der Waals surface area contributed by atoms with Gasteiger partial charge in [0.1, 0.15) is 5.82 Å². The zero-order chi connectivity index (χ0) is 20.2. The minimum atomic E-state index is -0.284. The number of aryl methyl sites for hydroxylation is 2. The second kappa shape index (κ2) is 8.66. The lowest BCUT2D eigenvalue weighted by Crippen LogP contribution is -2.42. The molecule has 1 fully saturated rings. The Balaban J connectivity index is 1.73. The monoisotopic (exact) mass is 385 g/mol. The quantitative estimate of drug-likeness (QED) is 0.670. The number of likely N-dealkylation sites (tertiary alicyclic amines) is 1. The van der Waals surface area contributed by atoms with Gasteiger partial charge in [0.2, 0.25) is 0 Å². The Morgan fingerprint density at radius 2 is 2.00 bits per heavy atom. The number of aromatic nitrogens is 2. The first-order chi connectivity index (χ1) is 13.3. The van der Waals surface area contributed by atoms with Gasteiger partial charge in [-0.3, -0.25) is 14.9 Å². The van der Waals surface area contributed by atoms with E-state index >= 15 is 0 Å². The third-order valence-corrected chi connectivity index (χ3v) is 6.16. The average molecular weight is 386 g/mol. The lowest BCUT2D eigenvalue weighted by Gasteiger charge is -2.38. The van der Waals surface area contributed by atoms with Crippen LogP contribution in [-0.4, -0.2) is 41.2 Å². The highest BCUT2D eigenvalue weighted by atomic mass is 19.1. The first-order valence-electron chi connectivity index (χ1n) is 10.2. The molecule has 1 aliphatic rings. The maximum absolute atomic E-state index is 13.1. The summed E-state index contributed by atoms with van der Waals surface area (Å²) in [6.45, 7) is 12.1. The summed E-state index contributed by atoms with van der Waals surface area (Å²) < 4.78 is 19.0. The predicted octanol–water partition coefficient (Wildman–Crippen LogP) is 4.52. The number of ether oxygens (including phenoxy) is 1. The van der Waals surface area contributed by atoms with Gasteiger partial charge in [0.15, 0.2) is 0 Å². The number of rotatable bonds is 8. The molecular formula is C23H32FN3O. The molecule has 0 spiro atoms. The summed E-state index contributed by atoms with van der Waals surface area (Å²) in [6, 6.07) is 7.55. The highest BCUT2D eigenvalue weighted by Crippen LogP contribution is 2.41. The molecule has 1 saturated heterocycles. The average Bonchev–Trinajstić information content (AvgIpc) is 3.12. The van der Waals surface area contributed by atoms with Gasteiger partial charge < -0.3 is 4.74 Å². The van der Waals surface area contributed by atoms with Gasteiger partial charge in [-0.2, -0.15) is 0 Å². The van der Waals surface area contributed by atoms with Crippen LogP contribution < -0.4 is 0 Å². The lowest BCUT2D eigenvalue weighted by molar-refractivity contribution is 0.0383. The first-order valence-corrected chi connectivity index (χ1v) is 10.2. The van der Waals surface area contributed by atoms with E-state index in [0.29, 0.717) is 0 Å². The van der Waals surface area contributed by atoms with Crippen molar-refractivity contribution in [3.8, 4) is 0 Å². The standard InChI is InChI=1S/C23H32FN3O/c1-5-28-17-23(11-10-21-9-8-20(24)15-26-21)12-13-27(16-23)22(3,4)19-7-6-18(2)25-14-19/h6-9,14-15H,5,10-13,16-17H2,1-4H3. The second-order valence-electron chi connectivity index (χ2n) is 8.52. The maximum atomic E-state index is 13.1. The van der Waals surface area contributed by atoms with Crippen LogP contribution in [0.3, 0.4) is 0 Å². The summed E-state index contributed by atoms with van der Waals surface area (Å²) in [7, 11) is 0. The van der Waals surface area contributed by atoms with Crippen molar-refractivity contribution < 1.29 is 9.13 Å². The minimum absolute atomic E-state index is 0.0806. The van der Waals surface area contributed by atoms with Crippen molar-refractivity contribution in [2.45, 2.75) is 52.5 Å². The third-order valence-electron chi connectivity index (χ3n) is 6.16. The van der Waals surface area contributed by atoms with Gasteiger partial charge in [0.05, 0.1) is 12.8 Å². The van der Waals surface area contributed by atoms with Crippen LogP contribution in [0.2, 0.25) is 0 Å². The van der Waals surface area contributed by atoms with E-state index in [1.807, 2.05) is 20.0 Å². The third kappa shape index (κ3) is 4.76. The molecule has 1 atom stereocenters. The highest BCUT2D eigenvalue weighted by molar-refractivity contribution is 5.22. The molecule has 0 saturated carbocycles. The molecule has 152 valence electrons. The Morgan fingerprint density at radius 1 is 1.18 bits per heavy atom. The van der Waals surface area contributed by atoms with Crippen molar-refractivity contribution in [1.82, 2.24) is 14.9 Å². The highest BCUT2D eigenvalue weighted by Gasteiger charge is 2.43. The molecule has 3 rings (SSSR count). The largest absolute Gasteiger partial charge is 0.381 e. The van der Waals surface area contributed by atoms with Gasteiger partial charge >= 0.3 is 0 Å². The Labute approximate surface area is 168 Å². The Morgan fingerprint density at radius 3 is 2.64 bits per heavy atom. The summed E-state index contributed by atoms with van der Waals surface area (Å²) in [6.07, 6.45) is 6.23. The van der Waals surface area contributed by atoms with Crippen LogP contribution in [0.1, 0.15) is 50.6 Å². The topological polar surface area (TPSA) is 38.2 Å². The van der Waals surface area contributed by atoms with Crippen LogP contribution in [0.25, 0.3) is 0 Å². The van der Waals surface area contributed by atoms with Crippen LogP contribution in [0.15, 0.2) is 36.7 Å². The Bertz CT molecular complexity index is 760. The molecule has 5 heteroatoms. The van der Waals surface area contributed by atoms with Crippen molar-refractivity contribution in [3.63, 3.8) is 0 Å². The number of pyridine rings is 2. The number of hydrogen-bond donors (Lipinski definition) is 0. The molecule has 2 aromatic rings. The fourth-order valence-electron chi connectivity index (χ4n) is 4.08. The van der Waals surface area contributed by atoms with E-state index in [1.54, 1.807) is 6.07 Å². The van der Waals surface area contributed by atoms with Crippen molar-refractivity contribution in [3.05, 3.63) is 59.4 Å². The van der Waals surface area contributed by atoms with Gasteiger partial charge in [-0.1, -0.05) is 6.07 Å². The number of halogens is 1. The summed E-state index contributed by atoms with van der Waals surface area (Å²) in [4.78, 5) is 11.3. The fourth-order valence-corrected chi connectivity index (χ4v) is 4.08. The molecule has 0 aromatic carbocycles. The summed E-state index contributed by atoms with van der Waals surface area (Å²) in [5, 5.41) is 0. The SMILES string of the molecule is CCOCC1(CCc2ccc(F)cn2)CCN(C(C)(C)c2ccc(C)nc2)C1. The van der Waals surface area contributed by atoms with Crippen LogP contribution in [0, 0.1) is 18.2 Å². The Hall–Kier alpha value is -1.85. The van der Waals surface area contributed by atoms with Gasteiger partial charge in [-0.25, -0.2) is 4.39 Å². The second-order valence-corrected chi connectivity index (χ2v) is 8.52. The zero-order valence-electron chi connectivity index (χ0n) is 17.5. The lowest BCUT2D eigenvalue weighted by atomic mass is 9.82.